The highest BCUT2D eigenvalue weighted by Gasteiger charge is 2.60. The zero-order valence-corrected chi connectivity index (χ0v) is 18.8. The molecule has 0 bridgehead atoms. The lowest BCUT2D eigenvalue weighted by Crippen LogP contribution is -2.63. The fourth-order valence-electron chi connectivity index (χ4n) is 4.25. The molecule has 16 nitrogen and oxygen atoms in total. The van der Waals surface area contributed by atoms with Gasteiger partial charge >= 0.3 is 0 Å². The van der Waals surface area contributed by atoms with Crippen molar-refractivity contribution in [3.05, 3.63) is 0 Å². The molecule has 0 spiro atoms. The van der Waals surface area contributed by atoms with Crippen molar-refractivity contribution in [3.8, 4) is 0 Å². The molecule has 0 aliphatic carbocycles. The number of ether oxygens (including phenoxy) is 4. The van der Waals surface area contributed by atoms with Crippen molar-refractivity contribution in [3.63, 3.8) is 0 Å². The molecule has 0 aromatic carbocycles. The van der Waals surface area contributed by atoms with Gasteiger partial charge in [0.2, 0.25) is 11.6 Å². The summed E-state index contributed by atoms with van der Waals surface area (Å²) >= 11 is 0. The number of aliphatic hydroxyl groups excluding tert-OH is 10. The van der Waals surface area contributed by atoms with E-state index in [0.29, 0.717) is 0 Å². The van der Waals surface area contributed by atoms with Crippen molar-refractivity contribution in [1.29, 1.82) is 0 Å². The lowest BCUT2D eigenvalue weighted by Gasteiger charge is -2.43. The minimum absolute atomic E-state index is 0.0758. The van der Waals surface area contributed by atoms with Crippen LogP contribution in [0.3, 0.4) is 0 Å². The Labute approximate surface area is 199 Å². The van der Waals surface area contributed by atoms with E-state index in [4.69, 9.17) is 28.7 Å². The topological polar surface area (TPSA) is 258 Å². The third kappa shape index (κ3) is 5.21. The van der Waals surface area contributed by atoms with E-state index in [1.165, 1.54) is 6.92 Å². The molecule has 3 aliphatic heterocycles. The molecule has 35 heavy (non-hydrogen) atoms. The van der Waals surface area contributed by atoms with Crippen molar-refractivity contribution < 1.29 is 79.8 Å². The third-order valence-corrected chi connectivity index (χ3v) is 6.49. The molecule has 3 aliphatic rings. The van der Waals surface area contributed by atoms with Crippen LogP contribution in [0.25, 0.3) is 0 Å². The quantitative estimate of drug-likeness (QED) is 0.0952. The Morgan fingerprint density at radius 3 is 1.66 bits per heavy atom. The number of hydrogen-bond donors (Lipinski definition) is 10. The standard InChI is InChI=1S/C19H34O16/c1-2-18(15(28)11(24)8(4-21)32-18)35-30-6-19(16(29)12(25)9(5-22)33-19)34-17-14(27)13(26)10(23)7(3-20)31-17/h7-17,20-29H,2-6H2,1H3/t7-,8-,9-,10-,11-,12-,13+,14-,15+,16+,17-,18+,19+/m1/s1. The van der Waals surface area contributed by atoms with E-state index in [9.17, 15) is 51.1 Å². The van der Waals surface area contributed by atoms with E-state index in [0.717, 1.165) is 0 Å². The second kappa shape index (κ2) is 11.4. The second-order valence-electron chi connectivity index (χ2n) is 8.69. The maximum atomic E-state index is 10.7. The second-order valence-corrected chi connectivity index (χ2v) is 8.69. The Morgan fingerprint density at radius 2 is 1.17 bits per heavy atom. The maximum Gasteiger partial charge on any atom is 0.230 e. The van der Waals surface area contributed by atoms with E-state index in [1.54, 1.807) is 0 Å². The van der Waals surface area contributed by atoms with Gasteiger partial charge < -0.3 is 70.0 Å². The lowest BCUT2D eigenvalue weighted by molar-refractivity contribution is -0.470. The number of hydrogen-bond acceptors (Lipinski definition) is 16. The van der Waals surface area contributed by atoms with Crippen LogP contribution in [-0.2, 0) is 28.7 Å². The zero-order chi connectivity index (χ0) is 26.1. The zero-order valence-electron chi connectivity index (χ0n) is 18.8. The first-order chi connectivity index (χ1) is 16.5. The van der Waals surface area contributed by atoms with Crippen LogP contribution in [0.5, 0.6) is 0 Å². The van der Waals surface area contributed by atoms with Crippen LogP contribution in [0, 0.1) is 0 Å². The van der Waals surface area contributed by atoms with Crippen molar-refractivity contribution in [2.45, 2.75) is 92.2 Å². The number of aliphatic hydroxyl groups is 10. The Morgan fingerprint density at radius 1 is 0.657 bits per heavy atom. The molecule has 3 heterocycles. The summed E-state index contributed by atoms with van der Waals surface area (Å²) < 4.78 is 21.7. The van der Waals surface area contributed by atoms with E-state index in [2.05, 4.69) is 0 Å². The van der Waals surface area contributed by atoms with Crippen molar-refractivity contribution >= 4 is 0 Å². The van der Waals surface area contributed by atoms with Gasteiger partial charge in [0.25, 0.3) is 0 Å². The normalized spacial score (nSPS) is 50.7. The fraction of sp³-hybridized carbons (Fsp3) is 1.00. The van der Waals surface area contributed by atoms with Crippen molar-refractivity contribution in [1.82, 2.24) is 0 Å². The van der Waals surface area contributed by atoms with Crippen LogP contribution < -0.4 is 0 Å². The Hall–Kier alpha value is -0.640. The molecular weight excluding hydrogens is 484 g/mol. The monoisotopic (exact) mass is 518 g/mol. The smallest absolute Gasteiger partial charge is 0.230 e. The molecule has 13 atom stereocenters. The highest BCUT2D eigenvalue weighted by molar-refractivity contribution is 4.99. The maximum absolute atomic E-state index is 10.7. The lowest BCUT2D eigenvalue weighted by atomic mass is 9.99. The van der Waals surface area contributed by atoms with Crippen LogP contribution in [0.15, 0.2) is 0 Å². The molecule has 3 fully saturated rings. The summed E-state index contributed by atoms with van der Waals surface area (Å²) in [5.41, 5.74) is 0. The van der Waals surface area contributed by atoms with Crippen LogP contribution in [0.2, 0.25) is 0 Å². The Bertz CT molecular complexity index is 683. The van der Waals surface area contributed by atoms with Crippen LogP contribution in [0.4, 0.5) is 0 Å². The van der Waals surface area contributed by atoms with Gasteiger partial charge in [-0.25, -0.2) is 4.89 Å². The van der Waals surface area contributed by atoms with Crippen molar-refractivity contribution in [2.24, 2.45) is 0 Å². The molecule has 16 heteroatoms. The Kier molecular flexibility index (Phi) is 9.42. The molecule has 0 aromatic heterocycles. The van der Waals surface area contributed by atoms with Gasteiger partial charge in [0.15, 0.2) is 6.29 Å². The number of rotatable bonds is 10. The van der Waals surface area contributed by atoms with Gasteiger partial charge in [0.1, 0.15) is 67.6 Å². The van der Waals surface area contributed by atoms with Crippen LogP contribution in [0.1, 0.15) is 13.3 Å². The van der Waals surface area contributed by atoms with Gasteiger partial charge in [-0.1, -0.05) is 6.92 Å². The molecule has 0 amide bonds. The molecule has 0 saturated carbocycles. The third-order valence-electron chi connectivity index (χ3n) is 6.49. The first-order valence-electron chi connectivity index (χ1n) is 11.1. The predicted molar refractivity (Wildman–Crippen MR) is 106 cm³/mol. The van der Waals surface area contributed by atoms with Gasteiger partial charge in [-0.3, -0.25) is 0 Å². The summed E-state index contributed by atoms with van der Waals surface area (Å²) in [6.07, 6.45) is -18.1. The molecule has 206 valence electrons. The molecular formula is C19H34O16. The van der Waals surface area contributed by atoms with E-state index >= 15 is 0 Å². The average Bonchev–Trinajstić information content (AvgIpc) is 3.24. The Balaban J connectivity index is 1.79. The van der Waals surface area contributed by atoms with Gasteiger partial charge in [-0.15, -0.1) is 0 Å². The summed E-state index contributed by atoms with van der Waals surface area (Å²) in [5, 5.41) is 99.8. The summed E-state index contributed by atoms with van der Waals surface area (Å²) in [5.74, 6) is -4.36. The van der Waals surface area contributed by atoms with E-state index < -0.39 is 105 Å². The minimum atomic E-state index is -2.41. The highest BCUT2D eigenvalue weighted by atomic mass is 17.2. The van der Waals surface area contributed by atoms with Crippen LogP contribution >= 0.6 is 0 Å². The summed E-state index contributed by atoms with van der Waals surface area (Å²) in [6.45, 7) is -1.57. The highest BCUT2D eigenvalue weighted by Crippen LogP contribution is 2.39. The SMILES string of the molecule is CC[C@@]1(OOC[C@@]2(O[C@H]3O[C@H](CO)[C@@H](O)[C@H](O)[C@H]3O)O[C@H](CO)[C@@H](O)[C@@H]2O)O[C@H](CO)[C@@H](O)[C@@H]1O. The first kappa shape index (κ1) is 28.9. The largest absolute Gasteiger partial charge is 0.394 e. The minimum Gasteiger partial charge on any atom is -0.394 e. The molecule has 3 saturated heterocycles. The fourth-order valence-corrected chi connectivity index (χ4v) is 4.25. The molecule has 0 aromatic rings. The van der Waals surface area contributed by atoms with Gasteiger partial charge in [-0.2, -0.15) is 4.89 Å². The van der Waals surface area contributed by atoms with Gasteiger partial charge in [0.05, 0.1) is 19.8 Å². The van der Waals surface area contributed by atoms with Gasteiger partial charge in [-0.05, 0) is 0 Å². The molecule has 3 rings (SSSR count). The summed E-state index contributed by atoms with van der Waals surface area (Å²) in [4.78, 5) is 10.3. The van der Waals surface area contributed by atoms with Crippen LogP contribution in [-0.4, -0.2) is 156 Å². The molecule has 10 N–H and O–H groups in total. The summed E-state index contributed by atoms with van der Waals surface area (Å²) in [6, 6.07) is 0. The van der Waals surface area contributed by atoms with Crippen molar-refractivity contribution in [2.75, 3.05) is 26.4 Å². The summed E-state index contributed by atoms with van der Waals surface area (Å²) in [7, 11) is 0. The predicted octanol–water partition coefficient (Wildman–Crippen LogP) is -6.22. The van der Waals surface area contributed by atoms with E-state index in [1.807, 2.05) is 0 Å². The first-order valence-corrected chi connectivity index (χ1v) is 11.1. The van der Waals surface area contributed by atoms with Gasteiger partial charge in [0, 0.05) is 6.42 Å². The molecule has 0 unspecified atom stereocenters. The average molecular weight is 518 g/mol. The van der Waals surface area contributed by atoms with E-state index in [-0.39, 0.29) is 6.42 Å². The molecule has 0 radical (unpaired) electrons.